The van der Waals surface area contributed by atoms with Crippen LogP contribution < -0.4 is 11.1 Å². The van der Waals surface area contributed by atoms with Gasteiger partial charge in [0.1, 0.15) is 0 Å². The summed E-state index contributed by atoms with van der Waals surface area (Å²) in [6.45, 7) is -0.536. The molecule has 0 bridgehead atoms. The standard InChI is InChI=1S/C11H14N4O5S/c12-10-9(13-2-3-14-10)11(17)20-5-8(16)15-7-1-4-21(18,19)6-7/h2-3,7H,1,4-6H2,(H2,12,14)(H,15,16)/t7-/m1/s1. The van der Waals surface area contributed by atoms with E-state index in [0.29, 0.717) is 6.42 Å². The van der Waals surface area contributed by atoms with Crippen molar-refractivity contribution in [3.05, 3.63) is 18.1 Å². The first-order chi connectivity index (χ1) is 9.87. The van der Waals surface area contributed by atoms with Crippen LogP contribution >= 0.6 is 0 Å². The summed E-state index contributed by atoms with van der Waals surface area (Å²) in [6.07, 6.45) is 2.95. The van der Waals surface area contributed by atoms with Gasteiger partial charge in [-0.2, -0.15) is 0 Å². The molecule has 0 spiro atoms. The van der Waals surface area contributed by atoms with Gasteiger partial charge in [-0.15, -0.1) is 0 Å². The third kappa shape index (κ3) is 4.12. The maximum absolute atomic E-state index is 11.6. The second kappa shape index (κ2) is 6.04. The second-order valence-electron chi connectivity index (χ2n) is 4.53. The van der Waals surface area contributed by atoms with Crippen molar-refractivity contribution in [3.8, 4) is 0 Å². The third-order valence-electron chi connectivity index (χ3n) is 2.85. The molecule has 3 N–H and O–H groups in total. The highest BCUT2D eigenvalue weighted by atomic mass is 32.2. The Hall–Kier alpha value is -2.23. The van der Waals surface area contributed by atoms with Crippen molar-refractivity contribution in [1.29, 1.82) is 0 Å². The van der Waals surface area contributed by atoms with Gasteiger partial charge in [-0.1, -0.05) is 0 Å². The van der Waals surface area contributed by atoms with Crippen molar-refractivity contribution in [2.24, 2.45) is 0 Å². The molecular formula is C11H14N4O5S. The molecule has 1 aliphatic heterocycles. The van der Waals surface area contributed by atoms with Crippen LogP contribution in [0.25, 0.3) is 0 Å². The van der Waals surface area contributed by atoms with Gasteiger partial charge in [-0.25, -0.2) is 23.2 Å². The molecule has 1 aromatic rings. The maximum Gasteiger partial charge on any atom is 0.361 e. The summed E-state index contributed by atoms with van der Waals surface area (Å²) in [5, 5.41) is 2.49. The Morgan fingerprint density at radius 3 is 2.71 bits per heavy atom. The molecule has 9 nitrogen and oxygen atoms in total. The highest BCUT2D eigenvalue weighted by Crippen LogP contribution is 2.11. The number of hydrogen-bond donors (Lipinski definition) is 2. The van der Waals surface area contributed by atoms with Gasteiger partial charge in [-0.05, 0) is 6.42 Å². The number of ether oxygens (including phenoxy) is 1. The maximum atomic E-state index is 11.6. The molecule has 1 aliphatic rings. The van der Waals surface area contributed by atoms with Crippen molar-refractivity contribution in [1.82, 2.24) is 15.3 Å². The minimum Gasteiger partial charge on any atom is -0.451 e. The van der Waals surface area contributed by atoms with E-state index < -0.39 is 34.4 Å². The van der Waals surface area contributed by atoms with E-state index in [2.05, 4.69) is 15.3 Å². The zero-order valence-electron chi connectivity index (χ0n) is 11.0. The predicted molar refractivity (Wildman–Crippen MR) is 71.9 cm³/mol. The highest BCUT2D eigenvalue weighted by molar-refractivity contribution is 7.91. The zero-order chi connectivity index (χ0) is 15.5. The van der Waals surface area contributed by atoms with Crippen molar-refractivity contribution in [2.75, 3.05) is 23.8 Å². The topological polar surface area (TPSA) is 141 Å². The molecule has 2 heterocycles. The Bertz CT molecular complexity index is 660. The number of aromatic nitrogens is 2. The number of hydrogen-bond acceptors (Lipinski definition) is 8. The van der Waals surface area contributed by atoms with Gasteiger partial charge in [0.25, 0.3) is 5.91 Å². The van der Waals surface area contributed by atoms with Gasteiger partial charge in [0.05, 0.1) is 11.5 Å². The van der Waals surface area contributed by atoms with Crippen LogP contribution in [0.4, 0.5) is 5.82 Å². The number of amides is 1. The lowest BCUT2D eigenvalue weighted by atomic mass is 10.2. The molecule has 1 atom stereocenters. The molecule has 0 aliphatic carbocycles. The molecule has 0 saturated carbocycles. The van der Waals surface area contributed by atoms with Gasteiger partial charge in [0.2, 0.25) is 0 Å². The molecular weight excluding hydrogens is 300 g/mol. The van der Waals surface area contributed by atoms with Gasteiger partial charge in [-0.3, -0.25) is 4.79 Å². The number of nitrogens with two attached hydrogens (primary N) is 1. The predicted octanol–water partition coefficient (Wildman–Crippen LogP) is -1.48. The Morgan fingerprint density at radius 2 is 2.10 bits per heavy atom. The number of nitrogens with one attached hydrogen (secondary N) is 1. The first-order valence-corrected chi connectivity index (χ1v) is 7.93. The average molecular weight is 314 g/mol. The van der Waals surface area contributed by atoms with E-state index >= 15 is 0 Å². The van der Waals surface area contributed by atoms with E-state index in [1.807, 2.05) is 0 Å². The van der Waals surface area contributed by atoms with Crippen LogP contribution in [-0.2, 0) is 19.4 Å². The highest BCUT2D eigenvalue weighted by Gasteiger charge is 2.29. The molecule has 21 heavy (non-hydrogen) atoms. The zero-order valence-corrected chi connectivity index (χ0v) is 11.8. The lowest BCUT2D eigenvalue weighted by Gasteiger charge is -2.11. The second-order valence-corrected chi connectivity index (χ2v) is 6.76. The summed E-state index contributed by atoms with van der Waals surface area (Å²) in [6, 6.07) is -0.442. The minimum absolute atomic E-state index is 0.0495. The van der Waals surface area contributed by atoms with Crippen LogP contribution in [0.1, 0.15) is 16.9 Å². The normalized spacial score (nSPS) is 19.9. The Kier molecular flexibility index (Phi) is 4.36. The Morgan fingerprint density at radius 1 is 1.38 bits per heavy atom. The SMILES string of the molecule is Nc1nccnc1C(=O)OCC(=O)N[C@@H]1CCS(=O)(=O)C1. The van der Waals surface area contributed by atoms with Crippen LogP contribution in [0.2, 0.25) is 0 Å². The largest absolute Gasteiger partial charge is 0.451 e. The van der Waals surface area contributed by atoms with E-state index in [1.165, 1.54) is 12.4 Å². The summed E-state index contributed by atoms with van der Waals surface area (Å²) >= 11 is 0. The number of rotatable bonds is 4. The first kappa shape index (κ1) is 15.2. The number of carbonyl (C=O) groups is 2. The van der Waals surface area contributed by atoms with Crippen molar-refractivity contribution < 1.29 is 22.7 Å². The summed E-state index contributed by atoms with van der Waals surface area (Å²) in [5.41, 5.74) is 5.28. The summed E-state index contributed by atoms with van der Waals surface area (Å²) in [7, 11) is -3.08. The first-order valence-electron chi connectivity index (χ1n) is 6.11. The Labute approximate surface area is 120 Å². The molecule has 1 amide bonds. The van der Waals surface area contributed by atoms with E-state index in [9.17, 15) is 18.0 Å². The monoisotopic (exact) mass is 314 g/mol. The summed E-state index contributed by atoms with van der Waals surface area (Å²) in [4.78, 5) is 30.6. The van der Waals surface area contributed by atoms with Crippen molar-refractivity contribution >= 4 is 27.5 Å². The van der Waals surface area contributed by atoms with Gasteiger partial charge < -0.3 is 15.8 Å². The lowest BCUT2D eigenvalue weighted by molar-refractivity contribution is -0.124. The van der Waals surface area contributed by atoms with Crippen LogP contribution in [0.5, 0.6) is 0 Å². The van der Waals surface area contributed by atoms with Crippen LogP contribution in [-0.4, -0.2) is 54.4 Å². The number of nitrogens with zero attached hydrogens (tertiary/aromatic N) is 2. The van der Waals surface area contributed by atoms with Gasteiger partial charge >= 0.3 is 5.97 Å². The minimum atomic E-state index is -3.08. The fourth-order valence-corrected chi connectivity index (χ4v) is 3.56. The number of carbonyl (C=O) groups excluding carboxylic acids is 2. The molecule has 10 heteroatoms. The molecule has 114 valence electrons. The van der Waals surface area contributed by atoms with E-state index in [4.69, 9.17) is 10.5 Å². The molecule has 1 fully saturated rings. The quantitative estimate of drug-likeness (QED) is 0.641. The summed E-state index contributed by atoms with van der Waals surface area (Å²) < 4.78 is 27.2. The molecule has 0 aromatic carbocycles. The average Bonchev–Trinajstić information content (AvgIpc) is 2.75. The molecule has 1 aromatic heterocycles. The van der Waals surface area contributed by atoms with Crippen molar-refractivity contribution in [3.63, 3.8) is 0 Å². The summed E-state index contributed by atoms with van der Waals surface area (Å²) in [5.74, 6) is -1.58. The number of anilines is 1. The van der Waals surface area contributed by atoms with Crippen LogP contribution in [0.15, 0.2) is 12.4 Å². The van der Waals surface area contributed by atoms with E-state index in [0.717, 1.165) is 0 Å². The fourth-order valence-electron chi connectivity index (χ4n) is 1.88. The van der Waals surface area contributed by atoms with Crippen molar-refractivity contribution in [2.45, 2.75) is 12.5 Å². The van der Waals surface area contributed by atoms with E-state index in [1.54, 1.807) is 0 Å². The van der Waals surface area contributed by atoms with Crippen LogP contribution in [0.3, 0.4) is 0 Å². The number of esters is 1. The fraction of sp³-hybridized carbons (Fsp3) is 0.455. The molecule has 2 rings (SSSR count). The molecule has 1 saturated heterocycles. The molecule has 0 radical (unpaired) electrons. The third-order valence-corrected chi connectivity index (χ3v) is 4.62. The van der Waals surface area contributed by atoms with E-state index in [-0.39, 0.29) is 23.0 Å². The molecule has 0 unspecified atom stereocenters. The van der Waals surface area contributed by atoms with Gasteiger partial charge in [0, 0.05) is 18.4 Å². The lowest BCUT2D eigenvalue weighted by Crippen LogP contribution is -2.38. The van der Waals surface area contributed by atoms with Crippen LogP contribution in [0, 0.1) is 0 Å². The smallest absolute Gasteiger partial charge is 0.361 e. The Balaban J connectivity index is 1.82. The number of sulfone groups is 1. The van der Waals surface area contributed by atoms with Gasteiger partial charge in [0.15, 0.2) is 28.0 Å². The number of nitrogen functional groups attached to an aromatic ring is 1.